The molecule has 16 heavy (non-hydrogen) atoms. The van der Waals surface area contributed by atoms with E-state index in [1.807, 2.05) is 0 Å². The quantitative estimate of drug-likeness (QED) is 0.850. The van der Waals surface area contributed by atoms with E-state index in [0.717, 1.165) is 0 Å². The van der Waals surface area contributed by atoms with E-state index in [4.69, 9.17) is 0 Å². The topological polar surface area (TPSA) is 20.2 Å². The van der Waals surface area contributed by atoms with E-state index in [0.29, 0.717) is 12.5 Å². The van der Waals surface area contributed by atoms with E-state index < -0.39 is 23.1 Å². The van der Waals surface area contributed by atoms with Gasteiger partial charge in [-0.25, -0.2) is 13.2 Å². The Morgan fingerprint density at radius 1 is 1.38 bits per heavy atom. The van der Waals surface area contributed by atoms with Gasteiger partial charge < -0.3 is 5.11 Å². The molecule has 1 rings (SSSR count). The molecule has 0 radical (unpaired) electrons. The lowest BCUT2D eigenvalue weighted by molar-refractivity contribution is 0.0124. The van der Waals surface area contributed by atoms with Gasteiger partial charge in [0, 0.05) is 17.0 Å². The van der Waals surface area contributed by atoms with Crippen molar-refractivity contribution >= 4 is 15.9 Å². The van der Waals surface area contributed by atoms with Gasteiger partial charge in [-0.3, -0.25) is 0 Å². The van der Waals surface area contributed by atoms with Gasteiger partial charge in [0.1, 0.15) is 0 Å². The van der Waals surface area contributed by atoms with Crippen molar-refractivity contribution in [3.8, 4) is 5.75 Å². The summed E-state index contributed by atoms with van der Waals surface area (Å²) in [7, 11) is 0. The van der Waals surface area contributed by atoms with Gasteiger partial charge in [0.25, 0.3) is 5.92 Å². The lowest BCUT2D eigenvalue weighted by Crippen LogP contribution is -2.12. The number of hydrogen-bond donors (Lipinski definition) is 1. The smallest absolute Gasteiger partial charge is 0.274 e. The van der Waals surface area contributed by atoms with Crippen molar-refractivity contribution in [2.75, 3.05) is 0 Å². The van der Waals surface area contributed by atoms with Crippen molar-refractivity contribution in [3.63, 3.8) is 0 Å². The van der Waals surface area contributed by atoms with Crippen LogP contribution in [-0.4, -0.2) is 5.11 Å². The molecule has 0 heterocycles. The Morgan fingerprint density at radius 2 is 1.88 bits per heavy atom. The highest BCUT2D eigenvalue weighted by molar-refractivity contribution is 9.10. The second kappa shape index (κ2) is 4.28. The first-order valence-corrected chi connectivity index (χ1v) is 5.54. The van der Waals surface area contributed by atoms with Gasteiger partial charge in [-0.15, -0.1) is 0 Å². The number of hydrogen-bond acceptors (Lipinski definition) is 1. The first-order valence-electron chi connectivity index (χ1n) is 4.75. The number of phenols is 1. The fraction of sp³-hybridized carbons (Fsp3) is 0.455. The summed E-state index contributed by atoms with van der Waals surface area (Å²) in [6, 6.07) is 1.33. The van der Waals surface area contributed by atoms with Crippen molar-refractivity contribution in [1.82, 2.24) is 0 Å². The minimum absolute atomic E-state index is 0.0287. The number of benzene rings is 1. The highest BCUT2D eigenvalue weighted by Gasteiger charge is 2.33. The van der Waals surface area contributed by atoms with Gasteiger partial charge in [0.05, 0.1) is 5.56 Å². The lowest BCUT2D eigenvalue weighted by atomic mass is 9.98. The molecule has 1 N–H and O–H groups in total. The molecule has 0 amide bonds. The van der Waals surface area contributed by atoms with Crippen molar-refractivity contribution < 1.29 is 18.3 Å². The van der Waals surface area contributed by atoms with Crippen LogP contribution in [0, 0.1) is 5.82 Å². The summed E-state index contributed by atoms with van der Waals surface area (Å²) < 4.78 is 39.8. The van der Waals surface area contributed by atoms with Gasteiger partial charge >= 0.3 is 0 Å². The average Bonchev–Trinajstić information content (AvgIpc) is 2.08. The number of phenolic OH excluding ortho intramolecular Hbond substituents is 1. The molecule has 0 aliphatic rings. The van der Waals surface area contributed by atoms with E-state index in [1.54, 1.807) is 13.8 Å². The molecule has 1 aromatic rings. The normalized spacial score (nSPS) is 12.2. The predicted octanol–water partition coefficient (Wildman–Crippen LogP) is 4.53. The Bertz CT molecular complexity index is 411. The summed E-state index contributed by atoms with van der Waals surface area (Å²) >= 11 is 2.91. The van der Waals surface area contributed by atoms with Gasteiger partial charge in [-0.05, 0) is 12.0 Å². The standard InChI is InChI=1S/C11H12BrF3O/c1-5(2)6-4-7(12)8(11(3,14)15)9(13)10(6)16/h4-5,16H,1-3H3. The number of halogens is 4. The Morgan fingerprint density at radius 3 is 2.25 bits per heavy atom. The zero-order valence-corrected chi connectivity index (χ0v) is 10.7. The van der Waals surface area contributed by atoms with Crippen molar-refractivity contribution in [2.24, 2.45) is 0 Å². The van der Waals surface area contributed by atoms with Gasteiger partial charge in [0.2, 0.25) is 0 Å². The molecule has 5 heteroatoms. The third-order valence-corrected chi connectivity index (χ3v) is 2.91. The second-order valence-electron chi connectivity index (χ2n) is 4.03. The first-order chi connectivity index (χ1) is 7.16. The van der Waals surface area contributed by atoms with E-state index >= 15 is 0 Å². The third-order valence-electron chi connectivity index (χ3n) is 2.28. The second-order valence-corrected chi connectivity index (χ2v) is 4.88. The van der Waals surface area contributed by atoms with Crippen molar-refractivity contribution in [1.29, 1.82) is 0 Å². The van der Waals surface area contributed by atoms with Crippen LogP contribution in [0.2, 0.25) is 0 Å². The lowest BCUT2D eigenvalue weighted by Gasteiger charge is -2.18. The molecule has 0 atom stereocenters. The molecular weight excluding hydrogens is 285 g/mol. The van der Waals surface area contributed by atoms with Crippen LogP contribution in [0.3, 0.4) is 0 Å². The molecule has 90 valence electrons. The van der Waals surface area contributed by atoms with Crippen LogP contribution in [0.15, 0.2) is 10.5 Å². The Labute approximate surface area is 100 Å². The largest absolute Gasteiger partial charge is 0.505 e. The zero-order valence-electron chi connectivity index (χ0n) is 9.11. The monoisotopic (exact) mass is 296 g/mol. The molecule has 0 saturated carbocycles. The van der Waals surface area contributed by atoms with E-state index in [1.165, 1.54) is 6.07 Å². The molecular formula is C11H12BrF3O. The van der Waals surface area contributed by atoms with Crippen LogP contribution >= 0.6 is 15.9 Å². The van der Waals surface area contributed by atoms with E-state index in [2.05, 4.69) is 15.9 Å². The number of rotatable bonds is 2. The summed E-state index contributed by atoms with van der Waals surface area (Å²) in [6.07, 6.45) is 0. The molecule has 0 spiro atoms. The number of alkyl halides is 2. The Kier molecular flexibility index (Phi) is 3.57. The SMILES string of the molecule is CC(C)c1cc(Br)c(C(C)(F)F)c(F)c1O. The van der Waals surface area contributed by atoms with Crippen molar-refractivity contribution in [3.05, 3.63) is 27.5 Å². The molecule has 0 aromatic heterocycles. The minimum atomic E-state index is -3.34. The minimum Gasteiger partial charge on any atom is -0.505 e. The summed E-state index contributed by atoms with van der Waals surface area (Å²) in [6.45, 7) is 4.07. The van der Waals surface area contributed by atoms with Crippen LogP contribution in [0.4, 0.5) is 13.2 Å². The average molecular weight is 297 g/mol. The summed E-state index contributed by atoms with van der Waals surface area (Å²) in [4.78, 5) is 0. The molecule has 0 unspecified atom stereocenters. The maximum atomic E-state index is 13.6. The van der Waals surface area contributed by atoms with Crippen LogP contribution in [0.5, 0.6) is 5.75 Å². The van der Waals surface area contributed by atoms with Crippen molar-refractivity contribution in [2.45, 2.75) is 32.6 Å². The molecule has 0 aliphatic carbocycles. The van der Waals surface area contributed by atoms with Crippen LogP contribution < -0.4 is 0 Å². The molecule has 0 aliphatic heterocycles. The Balaban J connectivity index is 3.53. The molecule has 0 bridgehead atoms. The molecule has 1 aromatic carbocycles. The summed E-state index contributed by atoms with van der Waals surface area (Å²) in [5.41, 5.74) is -0.508. The molecule has 0 fully saturated rings. The van der Waals surface area contributed by atoms with E-state index in [9.17, 15) is 18.3 Å². The highest BCUT2D eigenvalue weighted by atomic mass is 79.9. The highest BCUT2D eigenvalue weighted by Crippen LogP contribution is 2.41. The fourth-order valence-corrected chi connectivity index (χ4v) is 2.24. The first kappa shape index (κ1) is 13.4. The third kappa shape index (κ3) is 2.34. The van der Waals surface area contributed by atoms with E-state index in [-0.39, 0.29) is 10.4 Å². The van der Waals surface area contributed by atoms with Gasteiger partial charge in [-0.1, -0.05) is 29.8 Å². The van der Waals surface area contributed by atoms with Crippen LogP contribution in [-0.2, 0) is 5.92 Å². The summed E-state index contributed by atoms with van der Waals surface area (Å²) in [5.74, 6) is -5.44. The fourth-order valence-electron chi connectivity index (χ4n) is 1.47. The molecule has 1 nitrogen and oxygen atoms in total. The van der Waals surface area contributed by atoms with Crippen LogP contribution in [0.25, 0.3) is 0 Å². The predicted molar refractivity (Wildman–Crippen MR) is 59.4 cm³/mol. The Hall–Kier alpha value is -0.710. The van der Waals surface area contributed by atoms with Crippen LogP contribution in [0.1, 0.15) is 37.8 Å². The zero-order chi connectivity index (χ0) is 12.7. The molecule has 0 saturated heterocycles. The maximum absolute atomic E-state index is 13.6. The number of aromatic hydroxyl groups is 1. The van der Waals surface area contributed by atoms with Gasteiger partial charge in [-0.2, -0.15) is 0 Å². The van der Waals surface area contributed by atoms with Gasteiger partial charge in [0.15, 0.2) is 11.6 Å². The maximum Gasteiger partial charge on any atom is 0.274 e. The summed E-state index contributed by atoms with van der Waals surface area (Å²) in [5, 5.41) is 9.51.